The molecule has 0 spiro atoms. The molecule has 130 valence electrons. The molecule has 1 heterocycles. The van der Waals surface area contributed by atoms with E-state index in [2.05, 4.69) is 20.6 Å². The first-order valence-corrected chi connectivity index (χ1v) is 8.26. The summed E-state index contributed by atoms with van der Waals surface area (Å²) in [4.78, 5) is 8.85. The molecule has 0 aliphatic carbocycles. The SMILES string of the molecule is CN[C@H](C)COc1cccc2nc(Nc3ccc(O)c(Cl)c3)ncc12. The van der Waals surface area contributed by atoms with Crippen LogP contribution in [0.25, 0.3) is 10.9 Å². The second-order valence-electron chi connectivity index (χ2n) is 5.67. The molecule has 25 heavy (non-hydrogen) atoms. The summed E-state index contributed by atoms with van der Waals surface area (Å²) >= 11 is 5.92. The molecule has 0 radical (unpaired) electrons. The normalized spacial score (nSPS) is 12.1. The highest BCUT2D eigenvalue weighted by atomic mass is 35.5. The zero-order valence-electron chi connectivity index (χ0n) is 14.0. The molecule has 6 nitrogen and oxygen atoms in total. The summed E-state index contributed by atoms with van der Waals surface area (Å²) in [6, 6.07) is 10.8. The number of likely N-dealkylation sites (N-methyl/N-ethyl adjacent to an activating group) is 1. The van der Waals surface area contributed by atoms with Gasteiger partial charge in [0.05, 0.1) is 15.9 Å². The fourth-order valence-corrected chi connectivity index (χ4v) is 2.41. The van der Waals surface area contributed by atoms with Crippen LogP contribution < -0.4 is 15.4 Å². The van der Waals surface area contributed by atoms with Crippen molar-refractivity contribution < 1.29 is 9.84 Å². The van der Waals surface area contributed by atoms with Gasteiger partial charge in [0.1, 0.15) is 18.1 Å². The van der Waals surface area contributed by atoms with Gasteiger partial charge in [-0.1, -0.05) is 17.7 Å². The van der Waals surface area contributed by atoms with Gasteiger partial charge in [0.25, 0.3) is 0 Å². The summed E-state index contributed by atoms with van der Waals surface area (Å²) in [6.45, 7) is 2.61. The van der Waals surface area contributed by atoms with Crippen LogP contribution in [0.2, 0.25) is 5.02 Å². The molecule has 0 fully saturated rings. The monoisotopic (exact) mass is 358 g/mol. The van der Waals surface area contributed by atoms with Gasteiger partial charge >= 0.3 is 0 Å². The Labute approximate surface area is 150 Å². The summed E-state index contributed by atoms with van der Waals surface area (Å²) in [5.74, 6) is 1.22. The third-order valence-electron chi connectivity index (χ3n) is 3.77. The summed E-state index contributed by atoms with van der Waals surface area (Å²) < 4.78 is 5.85. The lowest BCUT2D eigenvalue weighted by Gasteiger charge is -2.14. The third kappa shape index (κ3) is 4.10. The number of rotatable bonds is 6. The van der Waals surface area contributed by atoms with Gasteiger partial charge in [-0.05, 0) is 44.3 Å². The van der Waals surface area contributed by atoms with E-state index in [0.717, 1.165) is 16.7 Å². The molecule has 3 N–H and O–H groups in total. The van der Waals surface area contributed by atoms with E-state index in [9.17, 15) is 5.11 Å². The number of hydrogen-bond donors (Lipinski definition) is 3. The fraction of sp³-hybridized carbons (Fsp3) is 0.222. The number of aromatic hydroxyl groups is 1. The number of phenolic OH excluding ortho intramolecular Hbond substituents is 1. The fourth-order valence-electron chi connectivity index (χ4n) is 2.23. The Morgan fingerprint density at radius 1 is 1.28 bits per heavy atom. The maximum atomic E-state index is 9.48. The van der Waals surface area contributed by atoms with Crippen molar-refractivity contribution >= 4 is 34.1 Å². The van der Waals surface area contributed by atoms with Crippen LogP contribution in [0.1, 0.15) is 6.92 Å². The first-order valence-electron chi connectivity index (χ1n) is 7.88. The molecule has 2 aromatic carbocycles. The van der Waals surface area contributed by atoms with Crippen LogP contribution in [0, 0.1) is 0 Å². The van der Waals surface area contributed by atoms with E-state index in [1.165, 1.54) is 6.07 Å². The molecule has 0 bridgehead atoms. The molecule has 0 aliphatic rings. The largest absolute Gasteiger partial charge is 0.506 e. The van der Waals surface area contributed by atoms with Gasteiger partial charge in [-0.3, -0.25) is 0 Å². The smallest absolute Gasteiger partial charge is 0.227 e. The van der Waals surface area contributed by atoms with Gasteiger partial charge in [-0.25, -0.2) is 9.97 Å². The molecule has 0 aliphatic heterocycles. The number of nitrogens with one attached hydrogen (secondary N) is 2. The Morgan fingerprint density at radius 3 is 2.88 bits per heavy atom. The van der Waals surface area contributed by atoms with Crippen molar-refractivity contribution in [3.63, 3.8) is 0 Å². The minimum Gasteiger partial charge on any atom is -0.506 e. The second-order valence-corrected chi connectivity index (χ2v) is 6.08. The average Bonchev–Trinajstić information content (AvgIpc) is 2.62. The Kier molecular flexibility index (Phi) is 5.21. The lowest BCUT2D eigenvalue weighted by molar-refractivity contribution is 0.283. The Balaban J connectivity index is 1.83. The van der Waals surface area contributed by atoms with Crippen molar-refractivity contribution in [2.75, 3.05) is 19.0 Å². The molecule has 3 aromatic rings. The summed E-state index contributed by atoms with van der Waals surface area (Å²) in [5, 5.41) is 16.8. The lowest BCUT2D eigenvalue weighted by atomic mass is 10.2. The number of ether oxygens (including phenoxy) is 1. The predicted octanol–water partition coefficient (Wildman–Crippen LogP) is 3.72. The predicted molar refractivity (Wildman–Crippen MR) is 100.0 cm³/mol. The number of aromatic nitrogens is 2. The van der Waals surface area contributed by atoms with Crippen LogP contribution in [0.4, 0.5) is 11.6 Å². The molecule has 0 saturated carbocycles. The molecule has 0 saturated heterocycles. The highest BCUT2D eigenvalue weighted by Crippen LogP contribution is 2.28. The number of benzene rings is 2. The summed E-state index contributed by atoms with van der Waals surface area (Å²) in [5.41, 5.74) is 1.47. The number of phenols is 1. The van der Waals surface area contributed by atoms with E-state index in [4.69, 9.17) is 16.3 Å². The first-order chi connectivity index (χ1) is 12.1. The number of halogens is 1. The van der Waals surface area contributed by atoms with E-state index >= 15 is 0 Å². The van der Waals surface area contributed by atoms with Crippen LogP contribution in [0.5, 0.6) is 11.5 Å². The number of nitrogens with zero attached hydrogens (tertiary/aromatic N) is 2. The zero-order valence-corrected chi connectivity index (χ0v) is 14.7. The minimum atomic E-state index is 0.0317. The molecule has 3 rings (SSSR count). The Bertz CT molecular complexity index is 888. The molecule has 1 atom stereocenters. The van der Waals surface area contributed by atoms with E-state index in [0.29, 0.717) is 18.2 Å². The maximum absolute atomic E-state index is 9.48. The van der Waals surface area contributed by atoms with Gasteiger partial charge < -0.3 is 20.5 Å². The molecule has 1 aromatic heterocycles. The van der Waals surface area contributed by atoms with Crippen LogP contribution in [-0.2, 0) is 0 Å². The van der Waals surface area contributed by atoms with Crippen molar-refractivity contribution in [1.29, 1.82) is 0 Å². The topological polar surface area (TPSA) is 79.3 Å². The Hall–Kier alpha value is -2.57. The van der Waals surface area contributed by atoms with Gasteiger partial charge in [-0.15, -0.1) is 0 Å². The highest BCUT2D eigenvalue weighted by Gasteiger charge is 2.08. The minimum absolute atomic E-state index is 0.0317. The van der Waals surface area contributed by atoms with E-state index in [1.807, 2.05) is 32.2 Å². The molecule has 0 amide bonds. The van der Waals surface area contributed by atoms with Crippen molar-refractivity contribution in [1.82, 2.24) is 15.3 Å². The Morgan fingerprint density at radius 2 is 2.12 bits per heavy atom. The van der Waals surface area contributed by atoms with Crippen LogP contribution in [0.3, 0.4) is 0 Å². The van der Waals surface area contributed by atoms with Crippen molar-refractivity contribution in [3.8, 4) is 11.5 Å². The first kappa shape index (κ1) is 17.3. The average molecular weight is 359 g/mol. The molecule has 0 unspecified atom stereocenters. The van der Waals surface area contributed by atoms with Crippen molar-refractivity contribution in [2.24, 2.45) is 0 Å². The van der Waals surface area contributed by atoms with Crippen LogP contribution in [0.15, 0.2) is 42.6 Å². The third-order valence-corrected chi connectivity index (χ3v) is 4.07. The van der Waals surface area contributed by atoms with Gasteiger partial charge in [0, 0.05) is 17.9 Å². The maximum Gasteiger partial charge on any atom is 0.227 e. The summed E-state index contributed by atoms with van der Waals surface area (Å²) in [6.07, 6.45) is 1.73. The van der Waals surface area contributed by atoms with Crippen LogP contribution >= 0.6 is 11.6 Å². The quantitative estimate of drug-likeness (QED) is 0.583. The zero-order chi connectivity index (χ0) is 17.8. The summed E-state index contributed by atoms with van der Waals surface area (Å²) in [7, 11) is 1.90. The second kappa shape index (κ2) is 7.55. The number of anilines is 2. The molecular weight excluding hydrogens is 340 g/mol. The standard InChI is InChI=1S/C18H19ClN4O2/c1-11(20-2)10-25-17-5-3-4-15-13(17)9-21-18(23-15)22-12-6-7-16(24)14(19)8-12/h3-9,11,20,24H,10H2,1-2H3,(H,21,22,23)/t11-/m1/s1. The number of hydrogen-bond acceptors (Lipinski definition) is 6. The van der Waals surface area contributed by atoms with Gasteiger partial charge in [0.2, 0.25) is 5.95 Å². The molecular formula is C18H19ClN4O2. The lowest BCUT2D eigenvalue weighted by Crippen LogP contribution is -2.28. The van der Waals surface area contributed by atoms with E-state index in [-0.39, 0.29) is 16.8 Å². The number of fused-ring (bicyclic) bond motifs is 1. The van der Waals surface area contributed by atoms with Crippen molar-refractivity contribution in [3.05, 3.63) is 47.6 Å². The molecule has 7 heteroatoms. The van der Waals surface area contributed by atoms with Crippen molar-refractivity contribution in [2.45, 2.75) is 13.0 Å². The van der Waals surface area contributed by atoms with E-state index in [1.54, 1.807) is 18.3 Å². The van der Waals surface area contributed by atoms with E-state index < -0.39 is 0 Å². The van der Waals surface area contributed by atoms with Gasteiger partial charge in [0.15, 0.2) is 0 Å². The van der Waals surface area contributed by atoms with Crippen LogP contribution in [-0.4, -0.2) is 34.8 Å². The van der Waals surface area contributed by atoms with Gasteiger partial charge in [-0.2, -0.15) is 0 Å². The highest BCUT2D eigenvalue weighted by molar-refractivity contribution is 6.32.